The second-order valence-corrected chi connectivity index (χ2v) is 3.02. The third-order valence-corrected chi connectivity index (χ3v) is 1.88. The molecule has 1 aromatic rings. The van der Waals surface area contributed by atoms with E-state index >= 15 is 0 Å². The van der Waals surface area contributed by atoms with Crippen LogP contribution >= 0.6 is 0 Å². The number of aromatic hydroxyl groups is 1. The lowest BCUT2D eigenvalue weighted by molar-refractivity contribution is 0.0937. The van der Waals surface area contributed by atoms with Gasteiger partial charge in [-0.3, -0.25) is 4.79 Å². The maximum Gasteiger partial charge on any atom is 0.251 e. The number of nitrogens with one attached hydrogen (secondary N) is 1. The highest BCUT2D eigenvalue weighted by atomic mass is 16.5. The van der Waals surface area contributed by atoms with Gasteiger partial charge >= 0.3 is 0 Å². The van der Waals surface area contributed by atoms with Crippen LogP contribution in [0, 0.1) is 0 Å². The fourth-order valence-corrected chi connectivity index (χ4v) is 1.06. The molecule has 0 fully saturated rings. The summed E-state index contributed by atoms with van der Waals surface area (Å²) in [5.74, 6) is -0.262. The second-order valence-electron chi connectivity index (χ2n) is 3.02. The van der Waals surface area contributed by atoms with Gasteiger partial charge in [0.1, 0.15) is 5.75 Å². The van der Waals surface area contributed by atoms with Crippen molar-refractivity contribution < 1.29 is 14.6 Å². The zero-order valence-corrected chi connectivity index (χ0v) is 8.49. The molecule has 0 aliphatic carbocycles. The van der Waals surface area contributed by atoms with Crippen molar-refractivity contribution in [2.45, 2.75) is 0 Å². The summed E-state index contributed by atoms with van der Waals surface area (Å²) < 4.78 is 4.79. The lowest BCUT2D eigenvalue weighted by Gasteiger charge is -2.05. The van der Waals surface area contributed by atoms with Crippen molar-refractivity contribution in [3.63, 3.8) is 0 Å². The molecule has 0 heterocycles. The predicted molar refractivity (Wildman–Crippen MR) is 56.7 cm³/mol. The SMILES string of the molecule is COCCNC(=O)c1ccc(O)c(N)c1. The summed E-state index contributed by atoms with van der Waals surface area (Å²) in [5, 5.41) is 11.8. The Kier molecular flexibility index (Phi) is 3.93. The van der Waals surface area contributed by atoms with Crippen molar-refractivity contribution >= 4 is 11.6 Å². The van der Waals surface area contributed by atoms with Gasteiger partial charge in [0.2, 0.25) is 0 Å². The van der Waals surface area contributed by atoms with Gasteiger partial charge in [0.25, 0.3) is 5.91 Å². The van der Waals surface area contributed by atoms with Gasteiger partial charge in [-0.25, -0.2) is 0 Å². The average molecular weight is 210 g/mol. The summed E-state index contributed by atoms with van der Waals surface area (Å²) in [6.45, 7) is 0.898. The second kappa shape index (κ2) is 5.21. The van der Waals surface area contributed by atoms with Gasteiger partial charge < -0.3 is 20.9 Å². The number of nitrogens with two attached hydrogens (primary N) is 1. The molecule has 0 atom stereocenters. The van der Waals surface area contributed by atoms with Gasteiger partial charge in [-0.15, -0.1) is 0 Å². The molecule has 1 aromatic carbocycles. The smallest absolute Gasteiger partial charge is 0.251 e. The lowest BCUT2D eigenvalue weighted by atomic mass is 10.2. The Hall–Kier alpha value is -1.75. The van der Waals surface area contributed by atoms with E-state index in [9.17, 15) is 4.79 Å². The molecule has 0 spiro atoms. The summed E-state index contributed by atoms with van der Waals surface area (Å²) in [4.78, 5) is 11.5. The Bertz CT molecular complexity index is 353. The number of benzene rings is 1. The molecule has 15 heavy (non-hydrogen) atoms. The molecule has 0 unspecified atom stereocenters. The van der Waals surface area contributed by atoms with Crippen molar-refractivity contribution in [2.75, 3.05) is 26.0 Å². The van der Waals surface area contributed by atoms with Crippen LogP contribution in [0.25, 0.3) is 0 Å². The standard InChI is InChI=1S/C10H14N2O3/c1-15-5-4-12-10(14)7-2-3-9(13)8(11)6-7/h2-3,6,13H,4-5,11H2,1H3,(H,12,14). The highest BCUT2D eigenvalue weighted by molar-refractivity contribution is 5.95. The van der Waals surface area contributed by atoms with Crippen LogP contribution in [-0.2, 0) is 4.74 Å². The number of carbonyl (C=O) groups excluding carboxylic acids is 1. The molecule has 0 radical (unpaired) electrons. The van der Waals surface area contributed by atoms with Crippen LogP contribution in [0.4, 0.5) is 5.69 Å². The topological polar surface area (TPSA) is 84.6 Å². The van der Waals surface area contributed by atoms with Gasteiger partial charge in [0, 0.05) is 19.2 Å². The van der Waals surface area contributed by atoms with Gasteiger partial charge in [-0.1, -0.05) is 0 Å². The third-order valence-electron chi connectivity index (χ3n) is 1.88. The van der Waals surface area contributed by atoms with E-state index in [1.807, 2.05) is 0 Å². The number of hydrogen-bond acceptors (Lipinski definition) is 4. The number of anilines is 1. The van der Waals surface area contributed by atoms with Crippen LogP contribution < -0.4 is 11.1 Å². The summed E-state index contributed by atoms with van der Waals surface area (Å²) in [5.41, 5.74) is 6.07. The normalized spacial score (nSPS) is 9.93. The van der Waals surface area contributed by atoms with E-state index in [0.29, 0.717) is 18.7 Å². The quantitative estimate of drug-likeness (QED) is 0.380. The number of rotatable bonds is 4. The van der Waals surface area contributed by atoms with E-state index in [0.717, 1.165) is 0 Å². The molecule has 0 aliphatic heterocycles. The molecule has 0 aromatic heterocycles. The van der Waals surface area contributed by atoms with Gasteiger partial charge in [-0.05, 0) is 18.2 Å². The van der Waals surface area contributed by atoms with E-state index < -0.39 is 0 Å². The molecule has 82 valence electrons. The molecular formula is C10H14N2O3. The van der Waals surface area contributed by atoms with Crippen molar-refractivity contribution in [3.05, 3.63) is 23.8 Å². The molecule has 4 N–H and O–H groups in total. The first-order valence-corrected chi connectivity index (χ1v) is 4.50. The molecular weight excluding hydrogens is 196 g/mol. The minimum Gasteiger partial charge on any atom is -0.506 e. The first-order chi connectivity index (χ1) is 7.15. The van der Waals surface area contributed by atoms with Crippen LogP contribution in [0.1, 0.15) is 10.4 Å². The average Bonchev–Trinajstić information content (AvgIpc) is 2.22. The number of ether oxygens (including phenoxy) is 1. The molecule has 0 aliphatic rings. The number of methoxy groups -OCH3 is 1. The fraction of sp³-hybridized carbons (Fsp3) is 0.300. The van der Waals surface area contributed by atoms with E-state index in [1.54, 1.807) is 7.11 Å². The highest BCUT2D eigenvalue weighted by Crippen LogP contribution is 2.20. The van der Waals surface area contributed by atoms with Gasteiger partial charge in [0.05, 0.1) is 12.3 Å². The Morgan fingerprint density at radius 3 is 2.93 bits per heavy atom. The monoisotopic (exact) mass is 210 g/mol. The van der Waals surface area contributed by atoms with E-state index in [2.05, 4.69) is 5.32 Å². The van der Waals surface area contributed by atoms with E-state index in [-0.39, 0.29) is 17.3 Å². The fourth-order valence-electron chi connectivity index (χ4n) is 1.06. The Labute approximate surface area is 87.9 Å². The summed E-state index contributed by atoms with van der Waals surface area (Å²) in [6.07, 6.45) is 0. The molecule has 5 nitrogen and oxygen atoms in total. The number of phenols is 1. The van der Waals surface area contributed by atoms with Crippen molar-refractivity contribution in [1.29, 1.82) is 0 Å². The number of carbonyl (C=O) groups is 1. The zero-order valence-electron chi connectivity index (χ0n) is 8.49. The minimum absolute atomic E-state index is 0.0246. The van der Waals surface area contributed by atoms with Gasteiger partial charge in [-0.2, -0.15) is 0 Å². The van der Waals surface area contributed by atoms with Crippen LogP contribution in [0.2, 0.25) is 0 Å². The lowest BCUT2D eigenvalue weighted by Crippen LogP contribution is -2.26. The van der Waals surface area contributed by atoms with Crippen LogP contribution in [0.3, 0.4) is 0 Å². The maximum atomic E-state index is 11.5. The van der Waals surface area contributed by atoms with Crippen LogP contribution in [0.5, 0.6) is 5.75 Å². The zero-order chi connectivity index (χ0) is 11.3. The van der Waals surface area contributed by atoms with E-state index in [1.165, 1.54) is 18.2 Å². The minimum atomic E-state index is -0.237. The summed E-state index contributed by atoms with van der Waals surface area (Å²) >= 11 is 0. The van der Waals surface area contributed by atoms with Gasteiger partial charge in [0.15, 0.2) is 0 Å². The Balaban J connectivity index is 2.62. The number of nitrogen functional groups attached to an aromatic ring is 1. The molecule has 0 bridgehead atoms. The maximum absolute atomic E-state index is 11.5. The van der Waals surface area contributed by atoms with Crippen molar-refractivity contribution in [2.24, 2.45) is 0 Å². The molecule has 1 rings (SSSR count). The van der Waals surface area contributed by atoms with Crippen molar-refractivity contribution in [1.82, 2.24) is 5.32 Å². The molecule has 0 saturated carbocycles. The molecule has 1 amide bonds. The molecule has 5 heteroatoms. The Morgan fingerprint density at radius 1 is 1.60 bits per heavy atom. The number of phenolic OH excluding ortho intramolecular Hbond substituents is 1. The number of hydrogen-bond donors (Lipinski definition) is 3. The Morgan fingerprint density at radius 2 is 2.33 bits per heavy atom. The largest absolute Gasteiger partial charge is 0.506 e. The summed E-state index contributed by atoms with van der Waals surface area (Å²) in [6, 6.07) is 4.33. The van der Waals surface area contributed by atoms with E-state index in [4.69, 9.17) is 15.6 Å². The van der Waals surface area contributed by atoms with Crippen molar-refractivity contribution in [3.8, 4) is 5.75 Å². The first-order valence-electron chi connectivity index (χ1n) is 4.50. The van der Waals surface area contributed by atoms with Crippen LogP contribution in [-0.4, -0.2) is 31.3 Å². The summed E-state index contributed by atoms with van der Waals surface area (Å²) in [7, 11) is 1.56. The number of amides is 1. The third kappa shape index (κ3) is 3.14. The first kappa shape index (κ1) is 11.3. The highest BCUT2D eigenvalue weighted by Gasteiger charge is 2.06. The predicted octanol–water partition coefficient (Wildman–Crippen LogP) is 0.351. The van der Waals surface area contributed by atoms with Crippen LogP contribution in [0.15, 0.2) is 18.2 Å². The molecule has 0 saturated heterocycles.